The van der Waals surface area contributed by atoms with Gasteiger partial charge in [0.15, 0.2) is 0 Å². The molecule has 0 aliphatic carbocycles. The maximum absolute atomic E-state index is 12.6. The molecule has 22 heavy (non-hydrogen) atoms. The van der Waals surface area contributed by atoms with Crippen LogP contribution in [0.1, 0.15) is 26.2 Å². The van der Waals surface area contributed by atoms with Crippen LogP contribution in [-0.2, 0) is 19.6 Å². The van der Waals surface area contributed by atoms with E-state index >= 15 is 0 Å². The Balaban J connectivity index is 1.89. The van der Waals surface area contributed by atoms with Crippen LogP contribution in [0.25, 0.3) is 0 Å². The Labute approximate surface area is 132 Å². The van der Waals surface area contributed by atoms with Crippen LogP contribution in [0.3, 0.4) is 0 Å². The molecule has 2 amide bonds. The first-order valence-corrected chi connectivity index (χ1v) is 9.70. The number of amides is 2. The van der Waals surface area contributed by atoms with Crippen molar-refractivity contribution in [2.24, 2.45) is 11.8 Å². The number of sulfonamides is 1. The summed E-state index contributed by atoms with van der Waals surface area (Å²) in [7, 11) is -3.20. The first kappa shape index (κ1) is 17.2. The van der Waals surface area contributed by atoms with Gasteiger partial charge in [-0.05, 0) is 25.7 Å². The minimum atomic E-state index is -3.20. The highest BCUT2D eigenvalue weighted by atomic mass is 32.2. The van der Waals surface area contributed by atoms with E-state index in [4.69, 9.17) is 0 Å². The third kappa shape index (κ3) is 4.42. The van der Waals surface area contributed by atoms with Crippen molar-refractivity contribution in [3.8, 4) is 0 Å². The van der Waals surface area contributed by atoms with E-state index in [9.17, 15) is 18.0 Å². The van der Waals surface area contributed by atoms with E-state index in [2.05, 4.69) is 4.72 Å². The second-order valence-electron chi connectivity index (χ2n) is 6.25. The molecule has 0 bridgehead atoms. The van der Waals surface area contributed by atoms with Gasteiger partial charge >= 0.3 is 0 Å². The Morgan fingerprint density at radius 1 is 1.36 bits per heavy atom. The number of nitrogens with zero attached hydrogens (tertiary/aromatic N) is 2. The number of hydrogen-bond donors (Lipinski definition) is 1. The second kappa shape index (κ2) is 6.95. The lowest BCUT2D eigenvalue weighted by molar-refractivity contribution is -0.137. The van der Waals surface area contributed by atoms with Crippen molar-refractivity contribution in [2.75, 3.05) is 39.0 Å². The molecule has 0 spiro atoms. The molecule has 0 unspecified atom stereocenters. The first-order chi connectivity index (χ1) is 10.3. The lowest BCUT2D eigenvalue weighted by Crippen LogP contribution is -2.46. The lowest BCUT2D eigenvalue weighted by Gasteiger charge is -2.34. The van der Waals surface area contributed by atoms with Gasteiger partial charge in [0.2, 0.25) is 21.8 Å². The Morgan fingerprint density at radius 3 is 2.68 bits per heavy atom. The molecule has 2 saturated heterocycles. The summed E-state index contributed by atoms with van der Waals surface area (Å²) in [6.45, 7) is 4.70. The molecule has 0 aromatic rings. The Hall–Kier alpha value is -1.15. The zero-order valence-corrected chi connectivity index (χ0v) is 14.1. The van der Waals surface area contributed by atoms with Crippen LogP contribution < -0.4 is 4.72 Å². The number of rotatable bonds is 5. The fraction of sp³-hybridized carbons (Fsp3) is 0.857. The van der Waals surface area contributed by atoms with Crippen molar-refractivity contribution in [3.63, 3.8) is 0 Å². The fourth-order valence-corrected chi connectivity index (χ4v) is 3.74. The third-order valence-electron chi connectivity index (χ3n) is 4.41. The van der Waals surface area contributed by atoms with E-state index in [0.717, 1.165) is 19.1 Å². The SMILES string of the molecule is CCN1C[C@@H](C(=O)N2CCC[C@@H](CNS(C)(=O)=O)C2)CC1=O. The van der Waals surface area contributed by atoms with Crippen LogP contribution >= 0.6 is 0 Å². The summed E-state index contributed by atoms with van der Waals surface area (Å²) in [5.74, 6) is -0.0117. The molecule has 0 radical (unpaired) electrons. The largest absolute Gasteiger partial charge is 0.342 e. The number of likely N-dealkylation sites (tertiary alicyclic amines) is 2. The summed E-state index contributed by atoms with van der Waals surface area (Å²) in [4.78, 5) is 27.8. The average Bonchev–Trinajstić information content (AvgIpc) is 2.85. The van der Waals surface area contributed by atoms with E-state index in [1.165, 1.54) is 0 Å². The highest BCUT2D eigenvalue weighted by molar-refractivity contribution is 7.88. The molecular formula is C14H25N3O4S. The van der Waals surface area contributed by atoms with Crippen molar-refractivity contribution in [1.82, 2.24) is 14.5 Å². The van der Waals surface area contributed by atoms with Gasteiger partial charge in [0.25, 0.3) is 0 Å². The molecule has 2 aliphatic heterocycles. The molecule has 2 atom stereocenters. The number of hydrogen-bond acceptors (Lipinski definition) is 4. The molecule has 7 nitrogen and oxygen atoms in total. The maximum atomic E-state index is 12.6. The predicted octanol–water partition coefficient (Wildman–Crippen LogP) is -0.357. The second-order valence-corrected chi connectivity index (χ2v) is 8.08. The predicted molar refractivity (Wildman–Crippen MR) is 82.5 cm³/mol. The third-order valence-corrected chi connectivity index (χ3v) is 5.10. The van der Waals surface area contributed by atoms with E-state index in [1.54, 1.807) is 9.80 Å². The maximum Gasteiger partial charge on any atom is 0.228 e. The minimum absolute atomic E-state index is 0.0355. The van der Waals surface area contributed by atoms with Crippen LogP contribution in [0.5, 0.6) is 0 Å². The summed E-state index contributed by atoms with van der Waals surface area (Å²) in [6.07, 6.45) is 3.23. The topological polar surface area (TPSA) is 86.8 Å². The lowest BCUT2D eigenvalue weighted by atomic mass is 9.96. The zero-order valence-electron chi connectivity index (χ0n) is 13.2. The van der Waals surface area contributed by atoms with Gasteiger partial charge in [0.1, 0.15) is 0 Å². The van der Waals surface area contributed by atoms with Gasteiger partial charge < -0.3 is 9.80 Å². The van der Waals surface area contributed by atoms with Gasteiger partial charge in [-0.2, -0.15) is 0 Å². The van der Waals surface area contributed by atoms with Crippen molar-refractivity contribution in [1.29, 1.82) is 0 Å². The van der Waals surface area contributed by atoms with Crippen LogP contribution in [-0.4, -0.2) is 69.0 Å². The number of carbonyl (C=O) groups is 2. The molecule has 0 saturated carbocycles. The Morgan fingerprint density at radius 2 is 2.09 bits per heavy atom. The number of nitrogens with one attached hydrogen (secondary N) is 1. The quantitative estimate of drug-likeness (QED) is 0.745. The van der Waals surface area contributed by atoms with Gasteiger partial charge in [0, 0.05) is 39.1 Å². The summed E-state index contributed by atoms with van der Waals surface area (Å²) in [6, 6.07) is 0. The van der Waals surface area contributed by atoms with Crippen LogP contribution in [0.2, 0.25) is 0 Å². The standard InChI is InChI=1S/C14H25N3O4S/c1-3-16-10-12(7-13(16)18)14(19)17-6-4-5-11(9-17)8-15-22(2,20)21/h11-12,15H,3-10H2,1-2H3/t11-,12-/m0/s1. The summed E-state index contributed by atoms with van der Waals surface area (Å²) >= 11 is 0. The number of carbonyl (C=O) groups excluding carboxylic acids is 2. The average molecular weight is 331 g/mol. The summed E-state index contributed by atoms with van der Waals surface area (Å²) < 4.78 is 24.9. The van der Waals surface area contributed by atoms with Gasteiger partial charge in [0.05, 0.1) is 12.2 Å². The summed E-state index contributed by atoms with van der Waals surface area (Å²) in [5.41, 5.74) is 0. The van der Waals surface area contributed by atoms with Crippen LogP contribution in [0.15, 0.2) is 0 Å². The fourth-order valence-electron chi connectivity index (χ4n) is 3.20. The van der Waals surface area contributed by atoms with Crippen molar-refractivity contribution < 1.29 is 18.0 Å². The minimum Gasteiger partial charge on any atom is -0.342 e. The highest BCUT2D eigenvalue weighted by Gasteiger charge is 2.37. The van der Waals surface area contributed by atoms with E-state index in [0.29, 0.717) is 39.1 Å². The number of piperidine rings is 1. The first-order valence-electron chi connectivity index (χ1n) is 7.81. The normalized spacial score (nSPS) is 26.5. The zero-order chi connectivity index (χ0) is 16.3. The van der Waals surface area contributed by atoms with Crippen LogP contribution in [0, 0.1) is 11.8 Å². The van der Waals surface area contributed by atoms with Crippen molar-refractivity contribution >= 4 is 21.8 Å². The molecule has 2 aliphatic rings. The molecule has 2 fully saturated rings. The van der Waals surface area contributed by atoms with Crippen molar-refractivity contribution in [3.05, 3.63) is 0 Å². The Kier molecular flexibility index (Phi) is 5.44. The molecular weight excluding hydrogens is 306 g/mol. The van der Waals surface area contributed by atoms with Gasteiger partial charge in [-0.15, -0.1) is 0 Å². The van der Waals surface area contributed by atoms with E-state index in [-0.39, 0.29) is 23.7 Å². The van der Waals surface area contributed by atoms with Gasteiger partial charge in [-0.1, -0.05) is 0 Å². The highest BCUT2D eigenvalue weighted by Crippen LogP contribution is 2.23. The molecule has 2 rings (SSSR count). The van der Waals surface area contributed by atoms with Gasteiger partial charge in [-0.25, -0.2) is 13.1 Å². The summed E-state index contributed by atoms with van der Waals surface area (Å²) in [5, 5.41) is 0. The van der Waals surface area contributed by atoms with Crippen LogP contribution in [0.4, 0.5) is 0 Å². The molecule has 2 heterocycles. The molecule has 0 aromatic carbocycles. The molecule has 8 heteroatoms. The van der Waals surface area contributed by atoms with E-state index < -0.39 is 10.0 Å². The molecule has 126 valence electrons. The van der Waals surface area contributed by atoms with E-state index in [1.807, 2.05) is 6.92 Å². The Bertz CT molecular complexity index is 534. The smallest absolute Gasteiger partial charge is 0.228 e. The molecule has 1 N–H and O–H groups in total. The van der Waals surface area contributed by atoms with Crippen molar-refractivity contribution in [2.45, 2.75) is 26.2 Å². The van der Waals surface area contributed by atoms with Gasteiger partial charge in [-0.3, -0.25) is 9.59 Å². The molecule has 0 aromatic heterocycles. The monoisotopic (exact) mass is 331 g/mol.